The van der Waals surface area contributed by atoms with Crippen molar-refractivity contribution in [2.75, 3.05) is 0 Å². The lowest BCUT2D eigenvalue weighted by Gasteiger charge is -2.28. The average molecular weight is 702 g/mol. The second-order valence-electron chi connectivity index (χ2n) is 12.2. The number of aromatic nitrogens is 2. The molecule has 0 fully saturated rings. The lowest BCUT2D eigenvalue weighted by atomic mass is 10.00. The molecule has 1 aromatic heterocycles. The number of halogens is 3. The van der Waals surface area contributed by atoms with Crippen molar-refractivity contribution >= 4 is 29.5 Å². The zero-order valence-corrected chi connectivity index (χ0v) is 28.0. The van der Waals surface area contributed by atoms with Gasteiger partial charge in [0.25, 0.3) is 5.91 Å². The molecule has 3 rings (SSSR count). The summed E-state index contributed by atoms with van der Waals surface area (Å²) in [6, 6.07) is 12.0. The van der Waals surface area contributed by atoms with Crippen molar-refractivity contribution < 1.29 is 42.3 Å². The van der Waals surface area contributed by atoms with Gasteiger partial charge in [-0.25, -0.2) is 4.68 Å². The molecule has 1 heterocycles. The number of rotatable bonds is 16. The van der Waals surface area contributed by atoms with E-state index >= 15 is 0 Å². The van der Waals surface area contributed by atoms with Crippen molar-refractivity contribution in [2.45, 2.75) is 83.4 Å². The van der Waals surface area contributed by atoms with Gasteiger partial charge in [-0.3, -0.25) is 24.0 Å². The van der Waals surface area contributed by atoms with Crippen LogP contribution in [0.3, 0.4) is 0 Å². The molecular weight excluding hydrogens is 659 g/mol. The summed E-state index contributed by atoms with van der Waals surface area (Å²) >= 11 is 0. The van der Waals surface area contributed by atoms with Crippen molar-refractivity contribution in [3.63, 3.8) is 0 Å². The number of alkyl halides is 3. The summed E-state index contributed by atoms with van der Waals surface area (Å²) < 4.78 is 41.3. The molecule has 0 radical (unpaired) electrons. The molecule has 0 aliphatic carbocycles. The summed E-state index contributed by atoms with van der Waals surface area (Å²) in [5.41, 5.74) is 7.17. The molecule has 16 heteroatoms. The smallest absolute Gasteiger partial charge is 0.382 e. The number of hydrogen-bond acceptors (Lipinski definition) is 7. The number of benzene rings is 2. The van der Waals surface area contributed by atoms with Crippen LogP contribution in [0.5, 0.6) is 0 Å². The molecule has 0 saturated heterocycles. The van der Waals surface area contributed by atoms with E-state index in [9.17, 15) is 42.3 Å². The molecule has 5 amide bonds. The van der Waals surface area contributed by atoms with E-state index in [1.165, 1.54) is 13.1 Å². The number of primary amides is 1. The second-order valence-corrected chi connectivity index (χ2v) is 12.2. The highest BCUT2D eigenvalue weighted by Gasteiger charge is 2.44. The highest BCUT2D eigenvalue weighted by Crippen LogP contribution is 2.24. The Morgan fingerprint density at radius 1 is 0.860 bits per heavy atom. The number of nitrogens with two attached hydrogens (primary N) is 1. The Balaban J connectivity index is 1.77. The van der Waals surface area contributed by atoms with Gasteiger partial charge in [0, 0.05) is 12.8 Å². The zero-order valence-electron chi connectivity index (χ0n) is 28.0. The van der Waals surface area contributed by atoms with Crippen LogP contribution < -0.4 is 27.0 Å². The minimum Gasteiger partial charge on any atom is -0.382 e. The minimum atomic E-state index is -5.11. The summed E-state index contributed by atoms with van der Waals surface area (Å²) in [5, 5.41) is 23.9. The van der Waals surface area contributed by atoms with E-state index in [0.717, 1.165) is 5.69 Å². The van der Waals surface area contributed by atoms with Crippen LogP contribution in [-0.2, 0) is 25.6 Å². The predicted octanol–water partition coefficient (Wildman–Crippen LogP) is 1.84. The fourth-order valence-electron chi connectivity index (χ4n) is 5.06. The van der Waals surface area contributed by atoms with Crippen LogP contribution in [0.15, 0.2) is 66.9 Å². The zero-order chi connectivity index (χ0) is 37.2. The number of aliphatic hydroxyl groups is 1. The van der Waals surface area contributed by atoms with Crippen LogP contribution in [0, 0.1) is 12.8 Å². The molecular formula is C34H42F3N7O6. The molecule has 13 nitrogen and oxygen atoms in total. The third-order valence-corrected chi connectivity index (χ3v) is 7.90. The number of nitrogens with zero attached hydrogens (tertiary/aromatic N) is 2. The number of aliphatic hydroxyl groups excluding tert-OH is 1. The lowest BCUT2D eigenvalue weighted by Crippen LogP contribution is -2.59. The molecule has 0 spiro atoms. The Labute approximate surface area is 287 Å². The molecule has 270 valence electrons. The summed E-state index contributed by atoms with van der Waals surface area (Å²) in [4.78, 5) is 64.6. The third-order valence-electron chi connectivity index (χ3n) is 7.90. The Bertz CT molecular complexity index is 1630. The van der Waals surface area contributed by atoms with E-state index in [1.807, 2.05) is 35.6 Å². The number of para-hydroxylation sites is 1. The molecule has 7 N–H and O–H groups in total. The van der Waals surface area contributed by atoms with E-state index in [0.29, 0.717) is 11.3 Å². The van der Waals surface area contributed by atoms with Crippen LogP contribution in [0.25, 0.3) is 5.69 Å². The van der Waals surface area contributed by atoms with Crippen LogP contribution >= 0.6 is 0 Å². The quantitative estimate of drug-likeness (QED) is 0.131. The molecule has 0 aliphatic rings. The Hall–Kier alpha value is -5.25. The first-order chi connectivity index (χ1) is 23.5. The van der Waals surface area contributed by atoms with Crippen LogP contribution in [0.4, 0.5) is 13.2 Å². The van der Waals surface area contributed by atoms with Crippen LogP contribution in [-0.4, -0.2) is 80.9 Å². The van der Waals surface area contributed by atoms with Crippen molar-refractivity contribution in [3.05, 3.63) is 83.7 Å². The maximum atomic E-state index is 13.7. The molecule has 50 heavy (non-hydrogen) atoms. The third kappa shape index (κ3) is 10.9. The highest BCUT2D eigenvalue weighted by molar-refractivity contribution is 5.99. The van der Waals surface area contributed by atoms with E-state index in [1.54, 1.807) is 55.8 Å². The average Bonchev–Trinajstić information content (AvgIpc) is 3.45. The largest absolute Gasteiger partial charge is 0.416 e. The predicted molar refractivity (Wildman–Crippen MR) is 176 cm³/mol. The van der Waals surface area contributed by atoms with Gasteiger partial charge in [0.05, 0.1) is 29.2 Å². The van der Waals surface area contributed by atoms with Crippen molar-refractivity contribution in [3.8, 4) is 5.69 Å². The SMILES string of the molecule is Cc1c(C(=O)NC(C(=O)NC(Cc2ccccc2)C(=O)NC(C)C(=O)NC(CCC(N)=O)C(O)C(F)(F)F)C(C)C)cnn1-c1ccccc1. The minimum absolute atomic E-state index is 0.0392. The molecule has 0 saturated carbocycles. The Morgan fingerprint density at radius 3 is 2.02 bits per heavy atom. The molecule has 0 aliphatic heterocycles. The van der Waals surface area contributed by atoms with Crippen LogP contribution in [0.1, 0.15) is 55.2 Å². The highest BCUT2D eigenvalue weighted by atomic mass is 19.4. The maximum Gasteiger partial charge on any atom is 0.416 e. The summed E-state index contributed by atoms with van der Waals surface area (Å²) in [6.45, 7) is 6.32. The van der Waals surface area contributed by atoms with Gasteiger partial charge in [-0.05, 0) is 43.9 Å². The van der Waals surface area contributed by atoms with Crippen molar-refractivity contribution in [1.82, 2.24) is 31.0 Å². The number of carbonyl (C=O) groups is 5. The van der Waals surface area contributed by atoms with E-state index in [-0.39, 0.29) is 12.0 Å². The van der Waals surface area contributed by atoms with Gasteiger partial charge >= 0.3 is 6.18 Å². The Kier molecular flexibility index (Phi) is 13.7. The molecule has 0 bridgehead atoms. The normalized spacial score (nSPS) is 14.5. The monoisotopic (exact) mass is 701 g/mol. The first kappa shape index (κ1) is 39.2. The maximum absolute atomic E-state index is 13.7. The fourth-order valence-corrected chi connectivity index (χ4v) is 5.06. The van der Waals surface area contributed by atoms with Gasteiger partial charge < -0.3 is 32.1 Å². The molecule has 3 aromatic rings. The fraction of sp³-hybridized carbons (Fsp3) is 0.412. The molecule has 5 atom stereocenters. The van der Waals surface area contributed by atoms with Gasteiger partial charge in [0.1, 0.15) is 18.1 Å². The summed E-state index contributed by atoms with van der Waals surface area (Å²) in [7, 11) is 0. The topological polar surface area (TPSA) is 198 Å². The number of carbonyl (C=O) groups excluding carboxylic acids is 5. The number of hydrogen-bond donors (Lipinski definition) is 6. The lowest BCUT2D eigenvalue weighted by molar-refractivity contribution is -0.212. The van der Waals surface area contributed by atoms with E-state index in [2.05, 4.69) is 21.0 Å². The molecule has 2 aromatic carbocycles. The summed E-state index contributed by atoms with van der Waals surface area (Å²) in [6.07, 6.45) is -7.93. The Morgan fingerprint density at radius 2 is 1.46 bits per heavy atom. The number of nitrogens with one attached hydrogen (secondary N) is 4. The van der Waals surface area contributed by atoms with Gasteiger partial charge in [-0.1, -0.05) is 62.4 Å². The first-order valence-electron chi connectivity index (χ1n) is 15.9. The van der Waals surface area contributed by atoms with Gasteiger partial charge in [0.15, 0.2) is 6.10 Å². The second kappa shape index (κ2) is 17.4. The first-order valence-corrected chi connectivity index (χ1v) is 15.9. The standard InChI is InChI=1S/C34H42F3N7O6/c1-19(2)28(43-31(48)24-18-39-44(21(24)4)23-13-9-6-10-14-23)33(50)42-26(17-22-11-7-5-8-12-22)32(49)40-20(3)30(47)41-25(15-16-27(38)45)29(46)34(35,36)37/h5-14,18-20,25-26,28-29,46H,15-17H2,1-4H3,(H2,38,45)(H,40,49)(H,41,47)(H,42,50)(H,43,48). The van der Waals surface area contributed by atoms with Gasteiger partial charge in [-0.15, -0.1) is 0 Å². The van der Waals surface area contributed by atoms with Crippen LogP contribution in [0.2, 0.25) is 0 Å². The van der Waals surface area contributed by atoms with Crippen molar-refractivity contribution in [2.24, 2.45) is 11.7 Å². The number of amides is 5. The summed E-state index contributed by atoms with van der Waals surface area (Å²) in [5.74, 6) is -4.57. The van der Waals surface area contributed by atoms with E-state index < -0.39 is 84.7 Å². The molecule has 5 unspecified atom stereocenters. The van der Waals surface area contributed by atoms with Gasteiger partial charge in [-0.2, -0.15) is 18.3 Å². The van der Waals surface area contributed by atoms with E-state index in [4.69, 9.17) is 5.73 Å². The van der Waals surface area contributed by atoms with Gasteiger partial charge in [0.2, 0.25) is 23.6 Å². The van der Waals surface area contributed by atoms with Crippen molar-refractivity contribution in [1.29, 1.82) is 0 Å².